The number of methoxy groups -OCH3 is 1. The second-order valence-electron chi connectivity index (χ2n) is 5.42. The van der Waals surface area contributed by atoms with Gasteiger partial charge in [0.15, 0.2) is 5.96 Å². The number of aliphatic imine (C=N–C) groups is 1. The summed E-state index contributed by atoms with van der Waals surface area (Å²) in [7, 11) is 3.17. The molecule has 0 fully saturated rings. The third-order valence-corrected chi connectivity index (χ3v) is 3.63. The van der Waals surface area contributed by atoms with E-state index in [1.165, 1.54) is 38.4 Å². The summed E-state index contributed by atoms with van der Waals surface area (Å²) >= 11 is 0. The van der Waals surface area contributed by atoms with Gasteiger partial charge in [-0.3, -0.25) is 4.99 Å². The molecule has 0 radical (unpaired) electrons. The molecule has 6 heteroatoms. The summed E-state index contributed by atoms with van der Waals surface area (Å²) in [6, 6.07) is 7.49. The first-order valence-corrected chi connectivity index (χ1v) is 8.33. The van der Waals surface area contributed by atoms with Crippen molar-refractivity contribution in [3.05, 3.63) is 35.4 Å². The van der Waals surface area contributed by atoms with Crippen LogP contribution >= 0.6 is 24.0 Å². The number of halogens is 1. The van der Waals surface area contributed by atoms with E-state index in [-0.39, 0.29) is 29.9 Å². The van der Waals surface area contributed by atoms with Gasteiger partial charge < -0.3 is 15.4 Å². The summed E-state index contributed by atoms with van der Waals surface area (Å²) < 4.78 is 4.69. The molecule has 136 valence electrons. The molecular weight excluding hydrogens is 417 g/mol. The average molecular weight is 447 g/mol. The molecule has 0 spiro atoms. The number of nitrogens with one attached hydrogen (secondary N) is 2. The first kappa shape index (κ1) is 22.7. The largest absolute Gasteiger partial charge is 0.465 e. The molecule has 0 aromatic heterocycles. The molecule has 0 aliphatic rings. The van der Waals surface area contributed by atoms with Gasteiger partial charge in [-0.2, -0.15) is 0 Å². The van der Waals surface area contributed by atoms with Crippen molar-refractivity contribution in [1.82, 2.24) is 10.6 Å². The van der Waals surface area contributed by atoms with Crippen LogP contribution in [0.15, 0.2) is 29.3 Å². The quantitative estimate of drug-likeness (QED) is 0.200. The number of nitrogens with zero attached hydrogens (tertiary/aromatic N) is 1. The van der Waals surface area contributed by atoms with Crippen molar-refractivity contribution in [2.75, 3.05) is 27.2 Å². The van der Waals surface area contributed by atoms with Crippen molar-refractivity contribution in [3.8, 4) is 0 Å². The Balaban J connectivity index is 0.00000529. The normalized spacial score (nSPS) is 10.7. The lowest BCUT2D eigenvalue weighted by Gasteiger charge is -2.12. The van der Waals surface area contributed by atoms with Crippen LogP contribution in [-0.2, 0) is 11.2 Å². The van der Waals surface area contributed by atoms with E-state index >= 15 is 0 Å². The molecule has 0 aliphatic carbocycles. The topological polar surface area (TPSA) is 62.7 Å². The Labute approximate surface area is 162 Å². The van der Waals surface area contributed by atoms with Crippen LogP contribution in [0.25, 0.3) is 0 Å². The zero-order valence-electron chi connectivity index (χ0n) is 14.9. The summed E-state index contributed by atoms with van der Waals surface area (Å²) in [5.74, 6) is 0.537. The van der Waals surface area contributed by atoms with Crippen molar-refractivity contribution >= 4 is 35.9 Å². The lowest BCUT2D eigenvalue weighted by atomic mass is 10.1. The Hall–Kier alpha value is -1.31. The van der Waals surface area contributed by atoms with Crippen LogP contribution in [0, 0.1) is 0 Å². The molecule has 0 heterocycles. The van der Waals surface area contributed by atoms with Crippen molar-refractivity contribution in [1.29, 1.82) is 0 Å². The predicted molar refractivity (Wildman–Crippen MR) is 110 cm³/mol. The highest BCUT2D eigenvalue weighted by Crippen LogP contribution is 2.06. The summed E-state index contributed by atoms with van der Waals surface area (Å²) in [6.45, 7) is 3.96. The van der Waals surface area contributed by atoms with Gasteiger partial charge in [0.1, 0.15) is 0 Å². The lowest BCUT2D eigenvalue weighted by Crippen LogP contribution is -2.38. The predicted octanol–water partition coefficient (Wildman–Crippen LogP) is 3.38. The van der Waals surface area contributed by atoms with Gasteiger partial charge in [-0.15, -0.1) is 24.0 Å². The summed E-state index contributed by atoms with van der Waals surface area (Å²) in [4.78, 5) is 15.6. The third kappa shape index (κ3) is 9.10. The minimum Gasteiger partial charge on any atom is -0.465 e. The van der Waals surface area contributed by atoms with Gasteiger partial charge in [0.05, 0.1) is 12.7 Å². The molecule has 0 saturated carbocycles. The van der Waals surface area contributed by atoms with E-state index in [1.807, 2.05) is 12.1 Å². The zero-order valence-corrected chi connectivity index (χ0v) is 17.3. The Morgan fingerprint density at radius 3 is 2.33 bits per heavy atom. The van der Waals surface area contributed by atoms with E-state index in [4.69, 9.17) is 0 Å². The van der Waals surface area contributed by atoms with Gasteiger partial charge in [-0.25, -0.2) is 4.79 Å². The van der Waals surface area contributed by atoms with Gasteiger partial charge in [-0.1, -0.05) is 38.3 Å². The molecule has 1 aromatic rings. The fourth-order valence-corrected chi connectivity index (χ4v) is 2.23. The lowest BCUT2D eigenvalue weighted by molar-refractivity contribution is 0.0600. The van der Waals surface area contributed by atoms with Crippen molar-refractivity contribution in [2.24, 2.45) is 4.99 Å². The van der Waals surface area contributed by atoms with Gasteiger partial charge >= 0.3 is 5.97 Å². The number of carbonyl (C=O) groups excluding carboxylic acids is 1. The monoisotopic (exact) mass is 447 g/mol. The molecule has 5 nitrogen and oxygen atoms in total. The maximum Gasteiger partial charge on any atom is 0.337 e. The smallest absolute Gasteiger partial charge is 0.337 e. The molecule has 0 bridgehead atoms. The van der Waals surface area contributed by atoms with Crippen molar-refractivity contribution in [2.45, 2.75) is 39.0 Å². The minimum absolute atomic E-state index is 0. The number of esters is 1. The summed E-state index contributed by atoms with van der Waals surface area (Å²) in [5.41, 5.74) is 1.75. The van der Waals surface area contributed by atoms with Crippen LogP contribution in [0.4, 0.5) is 0 Å². The van der Waals surface area contributed by atoms with Crippen LogP contribution in [0.1, 0.15) is 48.5 Å². The molecule has 24 heavy (non-hydrogen) atoms. The highest BCUT2D eigenvalue weighted by atomic mass is 127. The van der Waals surface area contributed by atoms with E-state index in [0.717, 1.165) is 25.5 Å². The van der Waals surface area contributed by atoms with Gasteiger partial charge in [0, 0.05) is 20.1 Å². The number of benzene rings is 1. The number of carbonyl (C=O) groups is 1. The Morgan fingerprint density at radius 1 is 1.08 bits per heavy atom. The molecule has 0 unspecified atom stereocenters. The van der Waals surface area contributed by atoms with Crippen molar-refractivity contribution in [3.63, 3.8) is 0 Å². The maximum absolute atomic E-state index is 11.4. The molecule has 0 aliphatic heterocycles. The minimum atomic E-state index is -0.303. The van der Waals surface area contributed by atoms with Crippen LogP contribution in [0.5, 0.6) is 0 Å². The van der Waals surface area contributed by atoms with Gasteiger partial charge in [-0.05, 0) is 30.5 Å². The standard InChI is InChI=1S/C18H29N3O2.HI/c1-4-5-6-7-13-20-18(19-2)21-14-12-15-8-10-16(11-9-15)17(22)23-3;/h8-11H,4-7,12-14H2,1-3H3,(H2,19,20,21);1H. The Bertz CT molecular complexity index is 490. The van der Waals surface area contributed by atoms with E-state index in [0.29, 0.717) is 5.56 Å². The van der Waals surface area contributed by atoms with Gasteiger partial charge in [0.25, 0.3) is 0 Å². The molecular formula is C18H30IN3O2. The number of rotatable bonds is 9. The second-order valence-corrected chi connectivity index (χ2v) is 5.42. The molecule has 0 saturated heterocycles. The highest BCUT2D eigenvalue weighted by molar-refractivity contribution is 14.0. The molecule has 0 amide bonds. The number of guanidine groups is 1. The second kappa shape index (κ2) is 14.1. The highest BCUT2D eigenvalue weighted by Gasteiger charge is 2.04. The number of hydrogen-bond donors (Lipinski definition) is 2. The van der Waals surface area contributed by atoms with E-state index in [2.05, 4.69) is 27.3 Å². The maximum atomic E-state index is 11.4. The SMILES string of the molecule is CCCCCCNC(=NC)NCCc1ccc(C(=O)OC)cc1.I. The van der Waals surface area contributed by atoms with E-state index < -0.39 is 0 Å². The van der Waals surface area contributed by atoms with E-state index in [1.54, 1.807) is 19.2 Å². The zero-order chi connectivity index (χ0) is 16.9. The van der Waals surface area contributed by atoms with Crippen LogP contribution in [-0.4, -0.2) is 39.2 Å². The van der Waals surface area contributed by atoms with Gasteiger partial charge in [0.2, 0.25) is 0 Å². The molecule has 0 atom stereocenters. The average Bonchev–Trinajstić information content (AvgIpc) is 2.59. The molecule has 1 rings (SSSR count). The molecule has 2 N–H and O–H groups in total. The van der Waals surface area contributed by atoms with Crippen LogP contribution in [0.3, 0.4) is 0 Å². The van der Waals surface area contributed by atoms with Crippen LogP contribution in [0.2, 0.25) is 0 Å². The van der Waals surface area contributed by atoms with E-state index in [9.17, 15) is 4.79 Å². The summed E-state index contributed by atoms with van der Waals surface area (Å²) in [6.07, 6.45) is 5.84. The number of unbranched alkanes of at least 4 members (excludes halogenated alkanes) is 3. The third-order valence-electron chi connectivity index (χ3n) is 3.63. The van der Waals surface area contributed by atoms with Crippen molar-refractivity contribution < 1.29 is 9.53 Å². The Morgan fingerprint density at radius 2 is 1.75 bits per heavy atom. The fourth-order valence-electron chi connectivity index (χ4n) is 2.23. The summed E-state index contributed by atoms with van der Waals surface area (Å²) in [5, 5.41) is 6.63. The molecule has 1 aromatic carbocycles. The first-order valence-electron chi connectivity index (χ1n) is 8.33. The number of hydrogen-bond acceptors (Lipinski definition) is 3. The fraction of sp³-hybridized carbons (Fsp3) is 0.556. The number of ether oxygens (including phenoxy) is 1. The Kier molecular flexibility index (Phi) is 13.3. The van der Waals surface area contributed by atoms with Crippen LogP contribution < -0.4 is 10.6 Å². The first-order chi connectivity index (χ1) is 11.2.